The fraction of sp³-hybridized carbons (Fsp3) is 0.500. The molecule has 0 amide bonds. The molecule has 1 aliphatic rings. The molecule has 0 aliphatic heterocycles. The summed E-state index contributed by atoms with van der Waals surface area (Å²) in [5.74, 6) is 1.22. The highest BCUT2D eigenvalue weighted by molar-refractivity contribution is 5.18. The summed E-state index contributed by atoms with van der Waals surface area (Å²) in [6.07, 6.45) is 5.27. The third-order valence-electron chi connectivity index (χ3n) is 1.38. The van der Waals surface area contributed by atoms with Crippen molar-refractivity contribution in [3.05, 3.63) is 23.7 Å². The van der Waals surface area contributed by atoms with Crippen molar-refractivity contribution in [3.63, 3.8) is 0 Å². The van der Waals surface area contributed by atoms with E-state index in [1.807, 2.05) is 6.92 Å². The van der Waals surface area contributed by atoms with Gasteiger partial charge in [-0.15, -0.1) is 0 Å². The van der Waals surface area contributed by atoms with Gasteiger partial charge in [-0.1, -0.05) is 0 Å². The van der Waals surface area contributed by atoms with Crippen LogP contribution in [0.4, 0.5) is 0 Å². The molecule has 1 N–H and O–H groups in total. The minimum Gasteiger partial charge on any atom is -0.508 e. The lowest BCUT2D eigenvalue weighted by atomic mass is 10.1. The maximum Gasteiger partial charge on any atom is 0.114 e. The average Bonchev–Trinajstić information content (AvgIpc) is 1.88. The molecule has 0 saturated heterocycles. The van der Waals surface area contributed by atoms with Gasteiger partial charge in [-0.2, -0.15) is 0 Å². The molecule has 0 aromatic carbocycles. The van der Waals surface area contributed by atoms with Crippen LogP contribution in [0.2, 0.25) is 0 Å². The molecule has 2 nitrogen and oxygen atoms in total. The van der Waals surface area contributed by atoms with Gasteiger partial charge in [-0.25, -0.2) is 0 Å². The Morgan fingerprint density at radius 2 is 2.50 bits per heavy atom. The highest BCUT2D eigenvalue weighted by Crippen LogP contribution is 2.15. The molecule has 0 atom stereocenters. The highest BCUT2D eigenvalue weighted by Gasteiger charge is 2.03. The average molecular weight is 140 g/mol. The topological polar surface area (TPSA) is 29.5 Å². The summed E-state index contributed by atoms with van der Waals surface area (Å²) >= 11 is 0. The number of aliphatic hydroxyl groups excluding tert-OH is 1. The summed E-state index contributed by atoms with van der Waals surface area (Å²) in [5.41, 5.74) is 0. The van der Waals surface area contributed by atoms with E-state index in [1.165, 1.54) is 0 Å². The van der Waals surface area contributed by atoms with Crippen molar-refractivity contribution in [1.29, 1.82) is 0 Å². The zero-order chi connectivity index (χ0) is 7.40. The maximum atomic E-state index is 9.01. The van der Waals surface area contributed by atoms with Crippen molar-refractivity contribution in [2.75, 3.05) is 6.61 Å². The van der Waals surface area contributed by atoms with Gasteiger partial charge >= 0.3 is 0 Å². The van der Waals surface area contributed by atoms with Crippen molar-refractivity contribution in [1.82, 2.24) is 0 Å². The van der Waals surface area contributed by atoms with E-state index in [1.54, 1.807) is 12.2 Å². The number of aliphatic hydroxyl groups is 1. The molecular formula is C8H12O2. The first-order valence-electron chi connectivity index (χ1n) is 3.55. The van der Waals surface area contributed by atoms with E-state index in [2.05, 4.69) is 0 Å². The molecule has 0 aromatic heterocycles. The summed E-state index contributed by atoms with van der Waals surface area (Å²) in [6.45, 7) is 2.62. The van der Waals surface area contributed by atoms with Crippen LogP contribution in [0.5, 0.6) is 0 Å². The zero-order valence-electron chi connectivity index (χ0n) is 6.13. The van der Waals surface area contributed by atoms with Gasteiger partial charge in [0.2, 0.25) is 0 Å². The molecule has 0 bridgehead atoms. The Labute approximate surface area is 60.8 Å². The summed E-state index contributed by atoms with van der Waals surface area (Å²) < 4.78 is 5.21. The minimum absolute atomic E-state index is 0.328. The second-order valence-corrected chi connectivity index (χ2v) is 2.21. The van der Waals surface area contributed by atoms with Crippen LogP contribution < -0.4 is 0 Å². The van der Waals surface area contributed by atoms with E-state index in [-0.39, 0.29) is 0 Å². The van der Waals surface area contributed by atoms with Crippen molar-refractivity contribution >= 4 is 0 Å². The minimum atomic E-state index is 0.328. The smallest absolute Gasteiger partial charge is 0.114 e. The van der Waals surface area contributed by atoms with Gasteiger partial charge in [-0.3, -0.25) is 0 Å². The van der Waals surface area contributed by atoms with Gasteiger partial charge in [0.05, 0.1) is 12.4 Å². The van der Waals surface area contributed by atoms with Crippen LogP contribution in [0.25, 0.3) is 0 Å². The van der Waals surface area contributed by atoms with Gasteiger partial charge in [0, 0.05) is 12.5 Å². The lowest BCUT2D eigenvalue weighted by Crippen LogP contribution is -1.96. The number of allylic oxidation sites excluding steroid dienone is 3. The van der Waals surface area contributed by atoms with Crippen LogP contribution in [0.1, 0.15) is 19.8 Å². The molecule has 0 spiro atoms. The van der Waals surface area contributed by atoms with Crippen molar-refractivity contribution < 1.29 is 9.84 Å². The van der Waals surface area contributed by atoms with Crippen LogP contribution >= 0.6 is 0 Å². The maximum absolute atomic E-state index is 9.01. The largest absolute Gasteiger partial charge is 0.508 e. The number of ether oxygens (including phenoxy) is 1. The molecule has 56 valence electrons. The lowest BCUT2D eigenvalue weighted by molar-refractivity contribution is 0.214. The summed E-state index contributed by atoms with van der Waals surface area (Å²) in [6, 6.07) is 0. The van der Waals surface area contributed by atoms with Crippen LogP contribution in [0, 0.1) is 0 Å². The van der Waals surface area contributed by atoms with Gasteiger partial charge in [0.1, 0.15) is 5.76 Å². The Morgan fingerprint density at radius 1 is 1.70 bits per heavy atom. The Hall–Kier alpha value is -0.920. The fourth-order valence-electron chi connectivity index (χ4n) is 0.958. The third kappa shape index (κ3) is 1.79. The standard InChI is InChI=1S/C8H12O2/c1-2-10-8-5-3-4-7(9)6-8/h4,6,9H,2-3,5H2,1H3. The molecule has 1 rings (SSSR count). The van der Waals surface area contributed by atoms with E-state index in [9.17, 15) is 0 Å². The Kier molecular flexibility index (Phi) is 2.37. The first kappa shape index (κ1) is 7.19. The number of hydrogen-bond acceptors (Lipinski definition) is 2. The predicted molar refractivity (Wildman–Crippen MR) is 39.7 cm³/mol. The van der Waals surface area contributed by atoms with Crippen LogP contribution in [0.3, 0.4) is 0 Å². The van der Waals surface area contributed by atoms with E-state index in [0.29, 0.717) is 12.4 Å². The number of hydrogen-bond donors (Lipinski definition) is 1. The van der Waals surface area contributed by atoms with Gasteiger partial charge < -0.3 is 9.84 Å². The summed E-state index contributed by atoms with van der Waals surface area (Å²) in [4.78, 5) is 0. The molecular weight excluding hydrogens is 128 g/mol. The molecule has 0 saturated carbocycles. The van der Waals surface area contributed by atoms with Crippen molar-refractivity contribution in [3.8, 4) is 0 Å². The Morgan fingerprint density at radius 3 is 3.10 bits per heavy atom. The molecule has 0 unspecified atom stereocenters. The van der Waals surface area contributed by atoms with E-state index >= 15 is 0 Å². The van der Waals surface area contributed by atoms with Crippen molar-refractivity contribution in [2.24, 2.45) is 0 Å². The quantitative estimate of drug-likeness (QED) is 0.636. The molecule has 1 aliphatic carbocycles. The molecule has 0 radical (unpaired) electrons. The first-order valence-corrected chi connectivity index (χ1v) is 3.55. The van der Waals surface area contributed by atoms with Crippen LogP contribution in [0.15, 0.2) is 23.7 Å². The SMILES string of the molecule is CCOC1=CC(O)=CCC1. The molecule has 0 fully saturated rings. The van der Waals surface area contributed by atoms with Crippen LogP contribution in [-0.4, -0.2) is 11.7 Å². The zero-order valence-corrected chi connectivity index (χ0v) is 6.13. The number of rotatable bonds is 2. The van der Waals surface area contributed by atoms with E-state index < -0.39 is 0 Å². The highest BCUT2D eigenvalue weighted by atomic mass is 16.5. The van der Waals surface area contributed by atoms with Crippen LogP contribution in [-0.2, 0) is 4.74 Å². The first-order chi connectivity index (χ1) is 4.83. The third-order valence-corrected chi connectivity index (χ3v) is 1.38. The monoisotopic (exact) mass is 140 g/mol. The fourth-order valence-corrected chi connectivity index (χ4v) is 0.958. The van der Waals surface area contributed by atoms with E-state index in [0.717, 1.165) is 18.6 Å². The Bertz CT molecular complexity index is 168. The normalized spacial score (nSPS) is 17.7. The Balaban J connectivity index is 2.51. The van der Waals surface area contributed by atoms with Crippen molar-refractivity contribution in [2.45, 2.75) is 19.8 Å². The molecule has 0 heterocycles. The van der Waals surface area contributed by atoms with Gasteiger partial charge in [0.15, 0.2) is 0 Å². The molecule has 0 aromatic rings. The predicted octanol–water partition coefficient (Wildman–Crippen LogP) is 2.14. The van der Waals surface area contributed by atoms with E-state index in [4.69, 9.17) is 9.84 Å². The van der Waals surface area contributed by atoms with Gasteiger partial charge in [-0.05, 0) is 19.4 Å². The summed E-state index contributed by atoms with van der Waals surface area (Å²) in [5, 5.41) is 9.01. The molecule has 10 heavy (non-hydrogen) atoms. The van der Waals surface area contributed by atoms with Gasteiger partial charge in [0.25, 0.3) is 0 Å². The lowest BCUT2D eigenvalue weighted by Gasteiger charge is -2.10. The molecule has 2 heteroatoms. The summed E-state index contributed by atoms with van der Waals surface area (Å²) in [7, 11) is 0. The second-order valence-electron chi connectivity index (χ2n) is 2.21. The second kappa shape index (κ2) is 3.30.